The first-order valence-corrected chi connectivity index (χ1v) is 6.73. The number of aryl methyl sites for hydroxylation is 2. The molecule has 1 aromatic carbocycles. The van der Waals surface area contributed by atoms with E-state index < -0.39 is 0 Å². The predicted molar refractivity (Wildman–Crippen MR) is 74.6 cm³/mol. The lowest BCUT2D eigenvalue weighted by Gasteiger charge is -2.16. The van der Waals surface area contributed by atoms with Crippen LogP contribution in [0.2, 0.25) is 0 Å². The summed E-state index contributed by atoms with van der Waals surface area (Å²) in [7, 11) is 0. The van der Waals surface area contributed by atoms with Crippen molar-refractivity contribution in [2.24, 2.45) is 11.7 Å². The summed E-state index contributed by atoms with van der Waals surface area (Å²) >= 11 is 3.58. The van der Waals surface area contributed by atoms with Gasteiger partial charge < -0.3 is 5.73 Å². The molecule has 0 aliphatic carbocycles. The maximum Gasteiger partial charge on any atom is 0.0295 e. The van der Waals surface area contributed by atoms with E-state index in [1.165, 1.54) is 27.6 Å². The molecule has 1 aromatic rings. The first-order chi connectivity index (χ1) is 7.41. The molecule has 0 radical (unpaired) electrons. The fourth-order valence-corrected chi connectivity index (χ4v) is 2.10. The Bertz CT molecular complexity index is 335. The van der Waals surface area contributed by atoms with Crippen molar-refractivity contribution in [2.45, 2.75) is 46.6 Å². The van der Waals surface area contributed by atoms with Crippen molar-refractivity contribution in [3.63, 3.8) is 0 Å². The van der Waals surface area contributed by atoms with Crippen LogP contribution in [0.15, 0.2) is 16.6 Å². The molecule has 0 spiro atoms. The minimum atomic E-state index is 0.174. The average Bonchev–Trinajstić information content (AvgIpc) is 2.21. The van der Waals surface area contributed by atoms with Crippen molar-refractivity contribution in [3.05, 3.63) is 33.3 Å². The molecule has 2 N–H and O–H groups in total. The third-order valence-corrected chi connectivity index (χ3v) is 4.19. The first-order valence-electron chi connectivity index (χ1n) is 5.94. The summed E-state index contributed by atoms with van der Waals surface area (Å²) in [6.07, 6.45) is 2.26. The number of rotatable bonds is 4. The number of hydrogen-bond acceptors (Lipinski definition) is 1. The van der Waals surface area contributed by atoms with Gasteiger partial charge in [-0.15, -0.1) is 0 Å². The van der Waals surface area contributed by atoms with E-state index in [9.17, 15) is 0 Å². The molecule has 0 fully saturated rings. The molecular formula is C14H22BrN. The molecule has 0 aliphatic rings. The van der Waals surface area contributed by atoms with Crippen molar-refractivity contribution >= 4 is 15.9 Å². The lowest BCUT2D eigenvalue weighted by atomic mass is 9.96. The largest absolute Gasteiger partial charge is 0.324 e. The minimum absolute atomic E-state index is 0.174. The summed E-state index contributed by atoms with van der Waals surface area (Å²) in [4.78, 5) is 0. The summed E-state index contributed by atoms with van der Waals surface area (Å²) in [6, 6.07) is 4.57. The Kier molecular flexibility index (Phi) is 5.00. The van der Waals surface area contributed by atoms with E-state index in [0.717, 1.165) is 12.3 Å². The third kappa shape index (κ3) is 3.60. The highest BCUT2D eigenvalue weighted by molar-refractivity contribution is 9.10. The maximum atomic E-state index is 6.22. The molecule has 0 saturated heterocycles. The summed E-state index contributed by atoms with van der Waals surface area (Å²) in [5.74, 6) is 0.726. The number of nitrogens with two attached hydrogens (primary N) is 1. The van der Waals surface area contributed by atoms with Gasteiger partial charge >= 0.3 is 0 Å². The summed E-state index contributed by atoms with van der Waals surface area (Å²) < 4.78 is 1.20. The molecule has 16 heavy (non-hydrogen) atoms. The molecule has 0 saturated carbocycles. The van der Waals surface area contributed by atoms with Gasteiger partial charge in [-0.05, 0) is 49.3 Å². The molecule has 0 aromatic heterocycles. The van der Waals surface area contributed by atoms with E-state index in [2.05, 4.69) is 55.8 Å². The minimum Gasteiger partial charge on any atom is -0.324 e. The van der Waals surface area contributed by atoms with Crippen LogP contribution in [-0.2, 0) is 0 Å². The Morgan fingerprint density at radius 1 is 1.12 bits per heavy atom. The second-order valence-corrected chi connectivity index (χ2v) is 5.84. The SMILES string of the molecule is Cc1cc(C(N)CCC(C)C)cc(C)c1Br. The molecule has 0 heterocycles. The highest BCUT2D eigenvalue weighted by Crippen LogP contribution is 2.27. The zero-order chi connectivity index (χ0) is 12.3. The second kappa shape index (κ2) is 5.83. The molecule has 1 atom stereocenters. The van der Waals surface area contributed by atoms with E-state index >= 15 is 0 Å². The van der Waals surface area contributed by atoms with Gasteiger partial charge in [-0.3, -0.25) is 0 Å². The first kappa shape index (κ1) is 13.7. The molecule has 0 amide bonds. The van der Waals surface area contributed by atoms with Crippen molar-refractivity contribution < 1.29 is 0 Å². The average molecular weight is 284 g/mol. The van der Waals surface area contributed by atoms with Gasteiger partial charge in [-0.2, -0.15) is 0 Å². The van der Waals surface area contributed by atoms with Crippen molar-refractivity contribution in [1.29, 1.82) is 0 Å². The maximum absolute atomic E-state index is 6.22. The molecule has 1 rings (SSSR count). The zero-order valence-corrected chi connectivity index (χ0v) is 12.3. The Hall–Kier alpha value is -0.340. The molecular weight excluding hydrogens is 262 g/mol. The Balaban J connectivity index is 2.80. The van der Waals surface area contributed by atoms with Gasteiger partial charge in [-0.1, -0.05) is 41.9 Å². The van der Waals surface area contributed by atoms with E-state index in [-0.39, 0.29) is 6.04 Å². The highest BCUT2D eigenvalue weighted by Gasteiger charge is 2.10. The van der Waals surface area contributed by atoms with E-state index in [1.807, 2.05) is 0 Å². The van der Waals surface area contributed by atoms with Gasteiger partial charge in [0.2, 0.25) is 0 Å². The number of benzene rings is 1. The van der Waals surface area contributed by atoms with Crippen LogP contribution in [-0.4, -0.2) is 0 Å². The summed E-state index contributed by atoms with van der Waals surface area (Å²) in [5.41, 5.74) is 10.0. The van der Waals surface area contributed by atoms with Crippen LogP contribution in [0.3, 0.4) is 0 Å². The van der Waals surface area contributed by atoms with Gasteiger partial charge in [0.15, 0.2) is 0 Å². The molecule has 1 unspecified atom stereocenters. The molecule has 90 valence electrons. The van der Waals surface area contributed by atoms with Crippen molar-refractivity contribution in [1.82, 2.24) is 0 Å². The van der Waals surface area contributed by atoms with Gasteiger partial charge in [0, 0.05) is 10.5 Å². The van der Waals surface area contributed by atoms with Crippen LogP contribution in [0.5, 0.6) is 0 Å². The molecule has 0 aliphatic heterocycles. The smallest absolute Gasteiger partial charge is 0.0295 e. The number of hydrogen-bond donors (Lipinski definition) is 1. The van der Waals surface area contributed by atoms with Gasteiger partial charge in [-0.25, -0.2) is 0 Å². The van der Waals surface area contributed by atoms with Crippen LogP contribution in [0.1, 0.15) is 49.4 Å². The van der Waals surface area contributed by atoms with Crippen molar-refractivity contribution in [2.75, 3.05) is 0 Å². The highest BCUT2D eigenvalue weighted by atomic mass is 79.9. The predicted octanol–water partition coefficient (Wildman–Crippen LogP) is 4.50. The van der Waals surface area contributed by atoms with Crippen molar-refractivity contribution in [3.8, 4) is 0 Å². The fraction of sp³-hybridized carbons (Fsp3) is 0.571. The van der Waals surface area contributed by atoms with E-state index in [0.29, 0.717) is 0 Å². The standard InChI is InChI=1S/C14H22BrN/c1-9(2)5-6-13(16)12-7-10(3)14(15)11(4)8-12/h7-9,13H,5-6,16H2,1-4H3. The Morgan fingerprint density at radius 2 is 1.62 bits per heavy atom. The molecule has 1 nitrogen and oxygen atoms in total. The Labute approximate surface area is 108 Å². The van der Waals surface area contributed by atoms with Crippen LogP contribution < -0.4 is 5.73 Å². The fourth-order valence-electron chi connectivity index (χ4n) is 1.87. The quantitative estimate of drug-likeness (QED) is 0.865. The van der Waals surface area contributed by atoms with Crippen LogP contribution in [0.4, 0.5) is 0 Å². The monoisotopic (exact) mass is 283 g/mol. The third-order valence-electron chi connectivity index (χ3n) is 2.94. The molecule has 0 bridgehead atoms. The van der Waals surface area contributed by atoms with Crippen LogP contribution >= 0.6 is 15.9 Å². The van der Waals surface area contributed by atoms with E-state index in [1.54, 1.807) is 0 Å². The topological polar surface area (TPSA) is 26.0 Å². The molecule has 2 heteroatoms. The zero-order valence-electron chi connectivity index (χ0n) is 10.7. The Morgan fingerprint density at radius 3 is 2.06 bits per heavy atom. The van der Waals surface area contributed by atoms with Gasteiger partial charge in [0.05, 0.1) is 0 Å². The van der Waals surface area contributed by atoms with Crippen LogP contribution in [0.25, 0.3) is 0 Å². The van der Waals surface area contributed by atoms with Crippen LogP contribution in [0, 0.1) is 19.8 Å². The summed E-state index contributed by atoms with van der Waals surface area (Å²) in [5, 5.41) is 0. The summed E-state index contributed by atoms with van der Waals surface area (Å²) in [6.45, 7) is 8.72. The second-order valence-electron chi connectivity index (χ2n) is 5.05. The van der Waals surface area contributed by atoms with Gasteiger partial charge in [0.25, 0.3) is 0 Å². The van der Waals surface area contributed by atoms with Gasteiger partial charge in [0.1, 0.15) is 0 Å². The van der Waals surface area contributed by atoms with E-state index in [4.69, 9.17) is 5.73 Å². The number of halogens is 1. The lowest BCUT2D eigenvalue weighted by Crippen LogP contribution is -2.11. The normalized spacial score (nSPS) is 13.2. The lowest BCUT2D eigenvalue weighted by molar-refractivity contribution is 0.507.